The molecule has 1 aliphatic heterocycles. The second-order valence-corrected chi connectivity index (χ2v) is 6.73. The van der Waals surface area contributed by atoms with E-state index in [1.54, 1.807) is 0 Å². The number of hydrogen-bond donors (Lipinski definition) is 0. The molecule has 0 amide bonds. The second kappa shape index (κ2) is 12.7. The third-order valence-electron chi connectivity index (χ3n) is 4.51. The van der Waals surface area contributed by atoms with Crippen LogP contribution in [0.15, 0.2) is 24.3 Å². The third kappa shape index (κ3) is 7.38. The summed E-state index contributed by atoms with van der Waals surface area (Å²) in [5, 5.41) is 7.62. The number of aryl methyl sites for hydroxylation is 1. The summed E-state index contributed by atoms with van der Waals surface area (Å²) in [6.45, 7) is 10.5. The molecule has 0 bridgehead atoms. The normalized spacial score (nSPS) is 12.2. The number of aromatic nitrogens is 2. The Hall–Kier alpha value is -3.28. The molecule has 0 unspecified atom stereocenters. The van der Waals surface area contributed by atoms with Gasteiger partial charge in [-0.15, -0.1) is 13.2 Å². The number of ether oxygens (including phenoxy) is 2. The lowest BCUT2D eigenvalue weighted by molar-refractivity contribution is -0.274. The van der Waals surface area contributed by atoms with Gasteiger partial charge in [0.1, 0.15) is 17.2 Å². The van der Waals surface area contributed by atoms with Crippen LogP contribution >= 0.6 is 0 Å². The van der Waals surface area contributed by atoms with Crippen LogP contribution in [-0.2, 0) is 6.42 Å². The molecule has 0 saturated carbocycles. The molecule has 0 fully saturated rings. The Morgan fingerprint density at radius 1 is 1.15 bits per heavy atom. The van der Waals surface area contributed by atoms with Crippen molar-refractivity contribution in [2.75, 3.05) is 25.6 Å². The molecule has 180 valence electrons. The van der Waals surface area contributed by atoms with Gasteiger partial charge in [0.25, 0.3) is 0 Å². The van der Waals surface area contributed by atoms with Gasteiger partial charge in [-0.05, 0) is 31.1 Å². The number of nitrogens with zero attached hydrogens (tertiary/aromatic N) is 4. The predicted molar refractivity (Wildman–Crippen MR) is 124 cm³/mol. The molecular weight excluding hydrogens is 433 g/mol. The van der Waals surface area contributed by atoms with E-state index in [4.69, 9.17) is 20.0 Å². The van der Waals surface area contributed by atoms with Crippen molar-refractivity contribution in [1.82, 2.24) is 9.97 Å². The zero-order valence-electron chi connectivity index (χ0n) is 20.2. The van der Waals surface area contributed by atoms with Crippen molar-refractivity contribution in [2.45, 2.75) is 53.8 Å². The van der Waals surface area contributed by atoms with E-state index in [0.29, 0.717) is 30.6 Å². The van der Waals surface area contributed by atoms with E-state index in [9.17, 15) is 13.2 Å². The van der Waals surface area contributed by atoms with Gasteiger partial charge in [0.05, 0.1) is 24.6 Å². The lowest BCUT2D eigenvalue weighted by atomic mass is 10.0. The van der Waals surface area contributed by atoms with Gasteiger partial charge in [-0.1, -0.05) is 33.8 Å². The predicted octanol–water partition coefficient (Wildman–Crippen LogP) is 6.41. The Bertz CT molecular complexity index is 998. The van der Waals surface area contributed by atoms with Crippen LogP contribution in [0.3, 0.4) is 0 Å². The molecule has 9 heteroatoms. The van der Waals surface area contributed by atoms with Gasteiger partial charge in [0, 0.05) is 31.6 Å². The number of nitriles is 1. The fraction of sp³-hybridized carbons (Fsp3) is 0.458. The highest BCUT2D eigenvalue weighted by atomic mass is 19.4. The molecular formula is C24H31F3N4O2. The van der Waals surface area contributed by atoms with E-state index >= 15 is 0 Å². The summed E-state index contributed by atoms with van der Waals surface area (Å²) in [6.07, 6.45) is -1.43. The molecule has 6 nitrogen and oxygen atoms in total. The minimum Gasteiger partial charge on any atom is -0.496 e. The van der Waals surface area contributed by atoms with Gasteiger partial charge >= 0.3 is 6.36 Å². The van der Waals surface area contributed by atoms with E-state index in [-0.39, 0.29) is 11.5 Å². The molecule has 0 aliphatic carbocycles. The SMILES string of the molecule is CC.CCC#N.CCc1nc2c(nc1-c1ccc(OC(F)(F)F)cc1OC)N(C)CC=C2C. The summed E-state index contributed by atoms with van der Waals surface area (Å²) in [6, 6.07) is 5.90. The lowest BCUT2D eigenvalue weighted by Crippen LogP contribution is -2.24. The van der Waals surface area contributed by atoms with Crippen LogP contribution in [0.5, 0.6) is 11.5 Å². The summed E-state index contributed by atoms with van der Waals surface area (Å²) in [5.74, 6) is 0.634. The number of anilines is 1. The first-order chi connectivity index (χ1) is 15.6. The van der Waals surface area contributed by atoms with Crippen molar-refractivity contribution in [1.29, 1.82) is 5.26 Å². The molecule has 2 aromatic rings. The fourth-order valence-electron chi connectivity index (χ4n) is 2.98. The van der Waals surface area contributed by atoms with Crippen LogP contribution < -0.4 is 14.4 Å². The Kier molecular flexibility index (Phi) is 10.7. The monoisotopic (exact) mass is 464 g/mol. The minimum atomic E-state index is -4.76. The molecule has 33 heavy (non-hydrogen) atoms. The summed E-state index contributed by atoms with van der Waals surface area (Å²) in [7, 11) is 3.32. The number of likely N-dealkylation sites (N-methyl/N-ethyl adjacent to an activating group) is 1. The summed E-state index contributed by atoms with van der Waals surface area (Å²) in [5.41, 5.74) is 3.78. The first kappa shape index (κ1) is 27.8. The van der Waals surface area contributed by atoms with Crippen molar-refractivity contribution in [2.24, 2.45) is 0 Å². The molecule has 2 heterocycles. The van der Waals surface area contributed by atoms with Crippen LogP contribution in [0.25, 0.3) is 16.8 Å². The topological polar surface area (TPSA) is 71.3 Å². The maximum atomic E-state index is 12.5. The van der Waals surface area contributed by atoms with Crippen molar-refractivity contribution in [3.8, 4) is 28.8 Å². The van der Waals surface area contributed by atoms with Crippen molar-refractivity contribution in [3.05, 3.63) is 35.7 Å². The molecule has 0 atom stereocenters. The second-order valence-electron chi connectivity index (χ2n) is 6.73. The van der Waals surface area contributed by atoms with Crippen LogP contribution in [0.4, 0.5) is 19.0 Å². The van der Waals surface area contributed by atoms with E-state index in [1.807, 2.05) is 52.6 Å². The number of fused-ring (bicyclic) bond motifs is 1. The zero-order chi connectivity index (χ0) is 25.2. The van der Waals surface area contributed by atoms with Crippen molar-refractivity contribution in [3.63, 3.8) is 0 Å². The zero-order valence-corrected chi connectivity index (χ0v) is 20.2. The Balaban J connectivity index is 0.000000820. The molecule has 0 N–H and O–H groups in total. The molecule has 1 aromatic carbocycles. The molecule has 1 aromatic heterocycles. The molecule has 0 spiro atoms. The highest BCUT2D eigenvalue weighted by Crippen LogP contribution is 2.38. The van der Waals surface area contributed by atoms with E-state index in [2.05, 4.69) is 10.8 Å². The van der Waals surface area contributed by atoms with Gasteiger partial charge in [0.15, 0.2) is 5.82 Å². The number of methoxy groups -OCH3 is 1. The van der Waals surface area contributed by atoms with Crippen molar-refractivity contribution >= 4 is 11.4 Å². The van der Waals surface area contributed by atoms with Crippen LogP contribution in [0.1, 0.15) is 52.4 Å². The van der Waals surface area contributed by atoms with E-state index in [1.165, 1.54) is 25.3 Å². The number of alkyl halides is 3. The standard InChI is InChI=1S/C19H20F3N3O2.C3H5N.C2H6/c1-5-14-17(24-18-16(23-14)11(2)8-9-25(18)3)13-7-6-12(10-15(13)26-4)27-19(20,21)22;1-2-3-4;1-2/h6-8,10H,5,9H2,1-4H3;2H2,1H3;1-2H3. The van der Waals surface area contributed by atoms with Gasteiger partial charge < -0.3 is 14.4 Å². The fourth-order valence-corrected chi connectivity index (χ4v) is 2.98. The lowest BCUT2D eigenvalue weighted by Gasteiger charge is -2.26. The summed E-state index contributed by atoms with van der Waals surface area (Å²) >= 11 is 0. The number of hydrogen-bond acceptors (Lipinski definition) is 6. The van der Waals surface area contributed by atoms with Gasteiger partial charge in [-0.2, -0.15) is 5.26 Å². The van der Waals surface area contributed by atoms with Crippen LogP contribution in [0.2, 0.25) is 0 Å². The third-order valence-corrected chi connectivity index (χ3v) is 4.51. The van der Waals surface area contributed by atoms with E-state index < -0.39 is 6.36 Å². The Labute approximate surface area is 193 Å². The van der Waals surface area contributed by atoms with Gasteiger partial charge in [-0.25, -0.2) is 9.97 Å². The molecule has 0 radical (unpaired) electrons. The average molecular weight is 465 g/mol. The quantitative estimate of drug-likeness (QED) is 0.520. The Morgan fingerprint density at radius 3 is 2.30 bits per heavy atom. The first-order valence-corrected chi connectivity index (χ1v) is 10.7. The largest absolute Gasteiger partial charge is 0.573 e. The summed E-state index contributed by atoms with van der Waals surface area (Å²) < 4.78 is 46.8. The average Bonchev–Trinajstić information content (AvgIpc) is 2.81. The highest BCUT2D eigenvalue weighted by Gasteiger charge is 2.31. The molecule has 0 saturated heterocycles. The minimum absolute atomic E-state index is 0.242. The maximum absolute atomic E-state index is 12.5. The van der Waals surface area contributed by atoms with Crippen LogP contribution in [0, 0.1) is 11.3 Å². The van der Waals surface area contributed by atoms with Gasteiger partial charge in [-0.3, -0.25) is 0 Å². The Morgan fingerprint density at radius 2 is 1.79 bits per heavy atom. The number of allylic oxidation sites excluding steroid dienone is 1. The van der Waals surface area contributed by atoms with Gasteiger partial charge in [0.2, 0.25) is 0 Å². The molecule has 3 rings (SSSR count). The van der Waals surface area contributed by atoms with Crippen LogP contribution in [-0.4, -0.2) is 37.0 Å². The maximum Gasteiger partial charge on any atom is 0.573 e. The van der Waals surface area contributed by atoms with E-state index in [0.717, 1.165) is 22.8 Å². The summed E-state index contributed by atoms with van der Waals surface area (Å²) in [4.78, 5) is 11.5. The van der Waals surface area contributed by atoms with Crippen molar-refractivity contribution < 1.29 is 22.6 Å². The number of benzene rings is 1. The smallest absolute Gasteiger partial charge is 0.496 e. The number of halogens is 3. The first-order valence-electron chi connectivity index (χ1n) is 10.7. The highest BCUT2D eigenvalue weighted by molar-refractivity contribution is 5.78. The number of rotatable bonds is 4. The molecule has 1 aliphatic rings.